The summed E-state index contributed by atoms with van der Waals surface area (Å²) in [6.45, 7) is 5.25. The summed E-state index contributed by atoms with van der Waals surface area (Å²) in [6.07, 6.45) is 9.92. The maximum Gasteiger partial charge on any atom is 0.106 e. The molecule has 74 valence electrons. The van der Waals surface area contributed by atoms with Gasteiger partial charge in [-0.25, -0.2) is 0 Å². The smallest absolute Gasteiger partial charge is 0.106 e. The first-order valence-corrected chi connectivity index (χ1v) is 4.48. The predicted molar refractivity (Wildman–Crippen MR) is 55.4 cm³/mol. The summed E-state index contributed by atoms with van der Waals surface area (Å²) >= 11 is 0. The lowest BCUT2D eigenvalue weighted by Gasteiger charge is -2.20. The zero-order chi connectivity index (χ0) is 10.2. The van der Waals surface area contributed by atoms with Gasteiger partial charge in [0.25, 0.3) is 0 Å². The molecule has 13 heavy (non-hydrogen) atoms. The number of aliphatic hydroxyl groups excluding tert-OH is 1. The summed E-state index contributed by atoms with van der Waals surface area (Å²) in [7, 11) is 0. The molecule has 0 aliphatic carbocycles. The number of hydrogen-bond donors (Lipinski definition) is 2. The van der Waals surface area contributed by atoms with Crippen LogP contribution < -0.4 is 0 Å². The van der Waals surface area contributed by atoms with Crippen molar-refractivity contribution >= 4 is 0 Å². The van der Waals surface area contributed by atoms with Gasteiger partial charge in [0, 0.05) is 0 Å². The Morgan fingerprint density at radius 2 is 2.00 bits per heavy atom. The topological polar surface area (TPSA) is 40.5 Å². The molecule has 0 spiro atoms. The summed E-state index contributed by atoms with van der Waals surface area (Å²) in [6, 6.07) is 0. The van der Waals surface area contributed by atoms with Crippen LogP contribution in [0.1, 0.15) is 19.8 Å². The molecule has 0 aliphatic heterocycles. The van der Waals surface area contributed by atoms with E-state index in [-0.39, 0.29) is 6.61 Å². The minimum absolute atomic E-state index is 0.237. The molecule has 0 bridgehead atoms. The SMILES string of the molecule is C=CC=CC=CC(O)(CO)CCC. The van der Waals surface area contributed by atoms with Gasteiger partial charge in [-0.1, -0.05) is 50.3 Å². The van der Waals surface area contributed by atoms with Crippen LogP contribution >= 0.6 is 0 Å². The molecular weight excluding hydrogens is 164 g/mol. The fourth-order valence-corrected chi connectivity index (χ4v) is 1.03. The molecule has 0 aromatic carbocycles. The van der Waals surface area contributed by atoms with Gasteiger partial charge in [0.15, 0.2) is 0 Å². The largest absolute Gasteiger partial charge is 0.393 e. The van der Waals surface area contributed by atoms with Crippen molar-refractivity contribution in [1.29, 1.82) is 0 Å². The lowest BCUT2D eigenvalue weighted by atomic mass is 9.99. The van der Waals surface area contributed by atoms with E-state index in [0.717, 1.165) is 6.42 Å². The van der Waals surface area contributed by atoms with Crippen molar-refractivity contribution in [2.75, 3.05) is 6.61 Å². The minimum atomic E-state index is -1.07. The molecule has 0 aromatic heterocycles. The van der Waals surface area contributed by atoms with Crippen molar-refractivity contribution in [1.82, 2.24) is 0 Å². The molecule has 0 aliphatic rings. The van der Waals surface area contributed by atoms with Crippen molar-refractivity contribution < 1.29 is 10.2 Å². The molecular formula is C11H18O2. The molecule has 0 heterocycles. The maximum atomic E-state index is 9.72. The van der Waals surface area contributed by atoms with Crippen molar-refractivity contribution in [3.63, 3.8) is 0 Å². The van der Waals surface area contributed by atoms with Crippen LogP contribution in [-0.2, 0) is 0 Å². The lowest BCUT2D eigenvalue weighted by Crippen LogP contribution is -2.30. The van der Waals surface area contributed by atoms with Crippen LogP contribution in [0.3, 0.4) is 0 Å². The Morgan fingerprint density at radius 3 is 2.46 bits per heavy atom. The third-order valence-corrected chi connectivity index (χ3v) is 1.72. The van der Waals surface area contributed by atoms with Crippen LogP contribution in [0.5, 0.6) is 0 Å². The van der Waals surface area contributed by atoms with Crippen molar-refractivity contribution in [2.45, 2.75) is 25.4 Å². The van der Waals surface area contributed by atoms with Crippen LogP contribution in [0.4, 0.5) is 0 Å². The standard InChI is InChI=1S/C11H18O2/c1-3-5-6-7-9-11(13,10-12)8-4-2/h3,5-7,9,12-13H,1,4,8,10H2,2H3. The van der Waals surface area contributed by atoms with Gasteiger partial charge in [0.1, 0.15) is 5.60 Å². The Kier molecular flexibility index (Phi) is 6.20. The second-order valence-electron chi connectivity index (χ2n) is 2.99. The van der Waals surface area contributed by atoms with Gasteiger partial charge in [-0.2, -0.15) is 0 Å². The molecule has 0 radical (unpaired) electrons. The van der Waals surface area contributed by atoms with E-state index in [2.05, 4.69) is 6.58 Å². The molecule has 2 nitrogen and oxygen atoms in total. The third-order valence-electron chi connectivity index (χ3n) is 1.72. The molecule has 2 heteroatoms. The van der Waals surface area contributed by atoms with Gasteiger partial charge in [-0.05, 0) is 6.42 Å². The van der Waals surface area contributed by atoms with Crippen LogP contribution in [0, 0.1) is 0 Å². The minimum Gasteiger partial charge on any atom is -0.393 e. The molecule has 0 aromatic rings. The Balaban J connectivity index is 4.16. The Hall–Kier alpha value is -0.860. The van der Waals surface area contributed by atoms with Gasteiger partial charge < -0.3 is 10.2 Å². The highest BCUT2D eigenvalue weighted by molar-refractivity contribution is 5.13. The van der Waals surface area contributed by atoms with Gasteiger partial charge >= 0.3 is 0 Å². The maximum absolute atomic E-state index is 9.72. The molecule has 0 saturated carbocycles. The number of rotatable bonds is 6. The normalized spacial score (nSPS) is 16.5. The second-order valence-corrected chi connectivity index (χ2v) is 2.99. The predicted octanol–water partition coefficient (Wildman–Crippen LogP) is 1.81. The molecule has 0 saturated heterocycles. The number of aliphatic hydroxyl groups is 2. The molecule has 0 amide bonds. The summed E-state index contributed by atoms with van der Waals surface area (Å²) in [5.74, 6) is 0. The zero-order valence-corrected chi connectivity index (χ0v) is 8.11. The van der Waals surface area contributed by atoms with E-state index in [9.17, 15) is 5.11 Å². The summed E-state index contributed by atoms with van der Waals surface area (Å²) in [4.78, 5) is 0. The highest BCUT2D eigenvalue weighted by Crippen LogP contribution is 2.13. The van der Waals surface area contributed by atoms with E-state index in [1.54, 1.807) is 30.4 Å². The number of hydrogen-bond acceptors (Lipinski definition) is 2. The van der Waals surface area contributed by atoms with Gasteiger partial charge in [0.05, 0.1) is 6.61 Å². The quantitative estimate of drug-likeness (QED) is 0.615. The van der Waals surface area contributed by atoms with Crippen LogP contribution in [-0.4, -0.2) is 22.4 Å². The first kappa shape index (κ1) is 12.1. The molecule has 0 fully saturated rings. The van der Waals surface area contributed by atoms with Crippen molar-refractivity contribution in [3.05, 3.63) is 37.0 Å². The van der Waals surface area contributed by atoms with E-state index in [1.807, 2.05) is 6.92 Å². The van der Waals surface area contributed by atoms with E-state index < -0.39 is 5.60 Å². The Bertz CT molecular complexity index is 194. The van der Waals surface area contributed by atoms with Gasteiger partial charge in [-0.3, -0.25) is 0 Å². The van der Waals surface area contributed by atoms with Crippen molar-refractivity contribution in [2.24, 2.45) is 0 Å². The first-order valence-electron chi connectivity index (χ1n) is 4.48. The molecule has 0 rings (SSSR count). The van der Waals surface area contributed by atoms with Gasteiger partial charge in [-0.15, -0.1) is 0 Å². The molecule has 2 N–H and O–H groups in total. The molecule has 1 atom stereocenters. The van der Waals surface area contributed by atoms with Crippen molar-refractivity contribution in [3.8, 4) is 0 Å². The second kappa shape index (κ2) is 6.63. The van der Waals surface area contributed by atoms with Crippen LogP contribution in [0.2, 0.25) is 0 Å². The van der Waals surface area contributed by atoms with Crippen LogP contribution in [0.15, 0.2) is 37.0 Å². The van der Waals surface area contributed by atoms with Gasteiger partial charge in [0.2, 0.25) is 0 Å². The van der Waals surface area contributed by atoms with E-state index in [1.165, 1.54) is 0 Å². The summed E-state index contributed by atoms with van der Waals surface area (Å²) in [5.41, 5.74) is -1.07. The first-order chi connectivity index (χ1) is 6.18. The average molecular weight is 182 g/mol. The monoisotopic (exact) mass is 182 g/mol. The van der Waals surface area contributed by atoms with Crippen LogP contribution in [0.25, 0.3) is 0 Å². The Labute approximate surface area is 79.9 Å². The lowest BCUT2D eigenvalue weighted by molar-refractivity contribution is 0.0198. The Morgan fingerprint density at radius 1 is 1.31 bits per heavy atom. The third kappa shape index (κ3) is 5.39. The zero-order valence-electron chi connectivity index (χ0n) is 8.11. The average Bonchev–Trinajstić information content (AvgIpc) is 2.13. The highest BCUT2D eigenvalue weighted by atomic mass is 16.3. The fraction of sp³-hybridized carbons (Fsp3) is 0.455. The molecule has 1 unspecified atom stereocenters. The fourth-order valence-electron chi connectivity index (χ4n) is 1.03. The summed E-state index contributed by atoms with van der Waals surface area (Å²) in [5, 5.41) is 18.7. The van der Waals surface area contributed by atoms with E-state index in [0.29, 0.717) is 6.42 Å². The summed E-state index contributed by atoms with van der Waals surface area (Å²) < 4.78 is 0. The van der Waals surface area contributed by atoms with E-state index >= 15 is 0 Å². The highest BCUT2D eigenvalue weighted by Gasteiger charge is 2.19. The number of allylic oxidation sites excluding steroid dienone is 4. The van der Waals surface area contributed by atoms with E-state index in [4.69, 9.17) is 5.11 Å².